The number of hydrogen-bond acceptors (Lipinski definition) is 4. The van der Waals surface area contributed by atoms with Gasteiger partial charge in [0.25, 0.3) is 11.8 Å². The van der Waals surface area contributed by atoms with Crippen LogP contribution in [0.2, 0.25) is 0 Å². The van der Waals surface area contributed by atoms with Gasteiger partial charge in [-0.1, -0.05) is 6.08 Å². The fourth-order valence-corrected chi connectivity index (χ4v) is 3.45. The Morgan fingerprint density at radius 1 is 1.07 bits per heavy atom. The van der Waals surface area contributed by atoms with Gasteiger partial charge in [-0.05, 0) is 56.3 Å². The van der Waals surface area contributed by atoms with E-state index in [1.807, 2.05) is 13.8 Å². The van der Waals surface area contributed by atoms with E-state index < -0.39 is 26.6 Å². The molecule has 0 fully saturated rings. The fraction of sp³-hybridized carbons (Fsp3) is 0.200. The maximum Gasteiger partial charge on any atom is 0.255 e. The Hall–Kier alpha value is -3.04. The van der Waals surface area contributed by atoms with Crippen molar-refractivity contribution in [2.75, 3.05) is 11.9 Å². The highest BCUT2D eigenvalue weighted by Gasteiger charge is 2.20. The Balaban J connectivity index is 2.18. The van der Waals surface area contributed by atoms with Gasteiger partial charge in [0.1, 0.15) is 10.7 Å². The molecule has 0 saturated carbocycles. The Kier molecular flexibility index (Phi) is 7.24. The molecule has 7 nitrogen and oxygen atoms in total. The molecule has 0 aliphatic heterocycles. The smallest absolute Gasteiger partial charge is 0.255 e. The molecule has 154 valence electrons. The first-order valence-electron chi connectivity index (χ1n) is 8.76. The zero-order chi connectivity index (χ0) is 21.6. The van der Waals surface area contributed by atoms with Crippen molar-refractivity contribution in [1.29, 1.82) is 0 Å². The molecule has 0 radical (unpaired) electrons. The number of anilines is 1. The Morgan fingerprint density at radius 2 is 1.69 bits per heavy atom. The summed E-state index contributed by atoms with van der Waals surface area (Å²) in [5, 5.41) is 5.34. The molecule has 0 saturated heterocycles. The van der Waals surface area contributed by atoms with Gasteiger partial charge in [-0.25, -0.2) is 17.5 Å². The summed E-state index contributed by atoms with van der Waals surface area (Å²) in [4.78, 5) is 23.8. The second kappa shape index (κ2) is 9.44. The van der Waals surface area contributed by atoms with Gasteiger partial charge in [-0.2, -0.15) is 0 Å². The number of carbonyl (C=O) groups excluding carboxylic acids is 2. The molecule has 0 bridgehead atoms. The van der Waals surface area contributed by atoms with Crippen LogP contribution in [-0.2, 0) is 10.0 Å². The summed E-state index contributed by atoms with van der Waals surface area (Å²) >= 11 is 0. The van der Waals surface area contributed by atoms with Gasteiger partial charge in [0.05, 0.1) is 0 Å². The van der Waals surface area contributed by atoms with E-state index in [9.17, 15) is 22.4 Å². The molecule has 0 aromatic heterocycles. The predicted molar refractivity (Wildman–Crippen MR) is 109 cm³/mol. The summed E-state index contributed by atoms with van der Waals surface area (Å²) < 4.78 is 40.4. The number of amides is 2. The van der Waals surface area contributed by atoms with Gasteiger partial charge < -0.3 is 10.6 Å². The summed E-state index contributed by atoms with van der Waals surface area (Å²) in [7, 11) is -4.13. The normalized spacial score (nSPS) is 11.2. The van der Waals surface area contributed by atoms with E-state index in [4.69, 9.17) is 0 Å². The quantitative estimate of drug-likeness (QED) is 0.572. The highest BCUT2D eigenvalue weighted by molar-refractivity contribution is 7.89. The molecule has 0 aliphatic rings. The molecular formula is C20H22FN3O4S. The first kappa shape index (κ1) is 22.3. The molecule has 2 aromatic rings. The highest BCUT2D eigenvalue weighted by atomic mass is 32.2. The maximum absolute atomic E-state index is 14.0. The molecule has 2 rings (SSSR count). The third kappa shape index (κ3) is 5.97. The maximum atomic E-state index is 14.0. The standard InChI is InChI=1S/C20H22FN3O4S/c1-4-11-22-29(27,28)18-12-15(7-10-17(18)21)20(26)24-16-8-5-14(6-9-16)19(25)23-13(2)3/h4-10,12-13,22H,1,11H2,2-3H3,(H,23,25)(H,24,26). The van der Waals surface area contributed by atoms with E-state index in [-0.39, 0.29) is 24.1 Å². The van der Waals surface area contributed by atoms with Crippen LogP contribution in [0.1, 0.15) is 34.6 Å². The van der Waals surface area contributed by atoms with Crippen LogP contribution in [0.25, 0.3) is 0 Å². The molecule has 0 atom stereocenters. The van der Waals surface area contributed by atoms with Crippen molar-refractivity contribution >= 4 is 27.5 Å². The first-order valence-corrected chi connectivity index (χ1v) is 10.2. The average Bonchev–Trinajstić information content (AvgIpc) is 2.66. The summed E-state index contributed by atoms with van der Waals surface area (Å²) in [5.41, 5.74) is 0.793. The van der Waals surface area contributed by atoms with Crippen LogP contribution in [0.5, 0.6) is 0 Å². The minimum atomic E-state index is -4.13. The van der Waals surface area contributed by atoms with Gasteiger partial charge in [0.2, 0.25) is 10.0 Å². The molecule has 0 unspecified atom stereocenters. The number of rotatable bonds is 8. The average molecular weight is 419 g/mol. The second-order valence-corrected chi connectivity index (χ2v) is 8.18. The minimum absolute atomic E-state index is 0.00759. The van der Waals surface area contributed by atoms with E-state index in [2.05, 4.69) is 21.9 Å². The number of halogens is 1. The molecule has 0 spiro atoms. The van der Waals surface area contributed by atoms with Gasteiger partial charge in [-0.15, -0.1) is 6.58 Å². The third-order valence-electron chi connectivity index (χ3n) is 3.73. The van der Waals surface area contributed by atoms with Crippen molar-refractivity contribution in [2.45, 2.75) is 24.8 Å². The van der Waals surface area contributed by atoms with Crippen molar-refractivity contribution in [3.63, 3.8) is 0 Å². The van der Waals surface area contributed by atoms with E-state index in [0.717, 1.165) is 12.1 Å². The molecule has 2 amide bonds. The zero-order valence-electron chi connectivity index (χ0n) is 16.0. The first-order chi connectivity index (χ1) is 13.6. The van der Waals surface area contributed by atoms with Gasteiger partial charge in [0.15, 0.2) is 0 Å². The van der Waals surface area contributed by atoms with E-state index in [0.29, 0.717) is 11.3 Å². The molecular weight excluding hydrogens is 397 g/mol. The molecule has 29 heavy (non-hydrogen) atoms. The van der Waals surface area contributed by atoms with E-state index in [1.165, 1.54) is 12.1 Å². The minimum Gasteiger partial charge on any atom is -0.350 e. The van der Waals surface area contributed by atoms with Crippen molar-refractivity contribution in [1.82, 2.24) is 10.0 Å². The van der Waals surface area contributed by atoms with E-state index >= 15 is 0 Å². The largest absolute Gasteiger partial charge is 0.350 e. The zero-order valence-corrected chi connectivity index (χ0v) is 16.8. The van der Waals surface area contributed by atoms with Gasteiger partial charge >= 0.3 is 0 Å². The van der Waals surface area contributed by atoms with Crippen LogP contribution in [0, 0.1) is 5.82 Å². The molecule has 9 heteroatoms. The van der Waals surface area contributed by atoms with Crippen LogP contribution in [0.4, 0.5) is 10.1 Å². The van der Waals surface area contributed by atoms with Crippen molar-refractivity contribution in [3.05, 3.63) is 72.1 Å². The number of benzene rings is 2. The highest BCUT2D eigenvalue weighted by Crippen LogP contribution is 2.18. The van der Waals surface area contributed by atoms with E-state index in [1.54, 1.807) is 24.3 Å². The number of hydrogen-bond donors (Lipinski definition) is 3. The van der Waals surface area contributed by atoms with Gasteiger partial charge in [-0.3, -0.25) is 9.59 Å². The van der Waals surface area contributed by atoms with Crippen molar-refractivity contribution in [2.24, 2.45) is 0 Å². The molecule has 3 N–H and O–H groups in total. The number of carbonyl (C=O) groups is 2. The predicted octanol–water partition coefficient (Wildman–Crippen LogP) is 2.68. The van der Waals surface area contributed by atoms with Gasteiger partial charge in [0, 0.05) is 29.4 Å². The molecule has 0 heterocycles. The number of sulfonamides is 1. The van der Waals surface area contributed by atoms with Crippen molar-refractivity contribution in [3.8, 4) is 0 Å². The van der Waals surface area contributed by atoms with Crippen LogP contribution in [-0.4, -0.2) is 32.8 Å². The Morgan fingerprint density at radius 3 is 2.28 bits per heavy atom. The molecule has 2 aromatic carbocycles. The summed E-state index contributed by atoms with van der Waals surface area (Å²) in [6, 6.07) is 9.23. The van der Waals surface area contributed by atoms with Crippen LogP contribution in [0.3, 0.4) is 0 Å². The summed E-state index contributed by atoms with van der Waals surface area (Å²) in [6.07, 6.45) is 1.32. The second-order valence-electron chi connectivity index (χ2n) is 6.45. The Labute approximate surface area is 169 Å². The lowest BCUT2D eigenvalue weighted by molar-refractivity contribution is 0.0942. The number of nitrogens with one attached hydrogen (secondary N) is 3. The fourth-order valence-electron chi connectivity index (χ4n) is 2.35. The third-order valence-corrected chi connectivity index (χ3v) is 5.16. The summed E-state index contributed by atoms with van der Waals surface area (Å²) in [5.74, 6) is -1.83. The lowest BCUT2D eigenvalue weighted by Gasteiger charge is -2.10. The van der Waals surface area contributed by atoms with Crippen molar-refractivity contribution < 1.29 is 22.4 Å². The molecule has 0 aliphatic carbocycles. The topological polar surface area (TPSA) is 104 Å². The van der Waals surface area contributed by atoms with Crippen LogP contribution in [0.15, 0.2) is 60.0 Å². The summed E-state index contributed by atoms with van der Waals surface area (Å²) in [6.45, 7) is 7.01. The monoisotopic (exact) mass is 419 g/mol. The Bertz CT molecular complexity index is 1020. The van der Waals surface area contributed by atoms with Crippen LogP contribution < -0.4 is 15.4 Å². The SMILES string of the molecule is C=CCNS(=O)(=O)c1cc(C(=O)Nc2ccc(C(=O)NC(C)C)cc2)ccc1F. The lowest BCUT2D eigenvalue weighted by Crippen LogP contribution is -2.30. The lowest BCUT2D eigenvalue weighted by atomic mass is 10.1. The van der Waals surface area contributed by atoms with Crippen LogP contribution >= 0.6 is 0 Å².